The Bertz CT molecular complexity index is 305. The molecule has 1 atom stereocenters. The van der Waals surface area contributed by atoms with Gasteiger partial charge in [0.1, 0.15) is 11.0 Å². The summed E-state index contributed by atoms with van der Waals surface area (Å²) in [6.07, 6.45) is 0.310. The number of anilines is 1. The van der Waals surface area contributed by atoms with Crippen LogP contribution >= 0.6 is 23.2 Å². The molecule has 0 aromatic carbocycles. The van der Waals surface area contributed by atoms with Crippen molar-refractivity contribution in [3.63, 3.8) is 0 Å². The van der Waals surface area contributed by atoms with Crippen LogP contribution in [0.1, 0.15) is 13.3 Å². The largest absolute Gasteiger partial charge is 0.393 e. The lowest BCUT2D eigenvalue weighted by molar-refractivity contribution is 0.188. The highest BCUT2D eigenvalue weighted by atomic mass is 35.5. The second-order valence-electron chi connectivity index (χ2n) is 3.03. The molecule has 2 N–H and O–H groups in total. The highest BCUT2D eigenvalue weighted by Gasteiger charge is 2.02. The van der Waals surface area contributed by atoms with Crippen LogP contribution in [-0.2, 0) is 0 Å². The maximum atomic E-state index is 9.03. The maximum Gasteiger partial charge on any atom is 0.146 e. The molecule has 1 unspecified atom stereocenters. The highest BCUT2D eigenvalue weighted by molar-refractivity contribution is 6.34. The highest BCUT2D eigenvalue weighted by Crippen LogP contribution is 2.21. The molecule has 0 aliphatic heterocycles. The fourth-order valence-corrected chi connectivity index (χ4v) is 1.26. The van der Waals surface area contributed by atoms with Crippen LogP contribution < -0.4 is 5.32 Å². The molecule has 1 aromatic rings. The Labute approximate surface area is 93.1 Å². The Morgan fingerprint density at radius 3 is 2.86 bits per heavy atom. The molecule has 0 saturated carbocycles. The molecule has 1 aromatic heterocycles. The average molecular weight is 235 g/mol. The summed E-state index contributed by atoms with van der Waals surface area (Å²) in [6.45, 7) is 2.35. The predicted octanol–water partition coefficient (Wildman–Crippen LogP) is 2.57. The van der Waals surface area contributed by atoms with Gasteiger partial charge in [0.05, 0.1) is 11.1 Å². The van der Waals surface area contributed by atoms with Gasteiger partial charge in [0.15, 0.2) is 0 Å². The van der Waals surface area contributed by atoms with E-state index in [9.17, 15) is 0 Å². The fraction of sp³-hybridized carbons (Fsp3) is 0.444. The monoisotopic (exact) mass is 234 g/mol. The molecule has 0 aliphatic rings. The number of halogens is 2. The maximum absolute atomic E-state index is 9.03. The molecule has 0 amide bonds. The van der Waals surface area contributed by atoms with Gasteiger partial charge in [-0.05, 0) is 25.5 Å². The summed E-state index contributed by atoms with van der Waals surface area (Å²) in [4.78, 5) is 4.01. The van der Waals surface area contributed by atoms with E-state index < -0.39 is 0 Å². The lowest BCUT2D eigenvalue weighted by Crippen LogP contribution is -2.10. The summed E-state index contributed by atoms with van der Waals surface area (Å²) in [5.41, 5.74) is 0. The molecule has 1 heterocycles. The lowest BCUT2D eigenvalue weighted by Gasteiger charge is -2.08. The summed E-state index contributed by atoms with van der Waals surface area (Å²) < 4.78 is 0. The molecular formula is C9H12Cl2N2O. The summed E-state index contributed by atoms with van der Waals surface area (Å²) in [5, 5.41) is 13.0. The van der Waals surface area contributed by atoms with Gasteiger partial charge >= 0.3 is 0 Å². The van der Waals surface area contributed by atoms with Crippen LogP contribution in [0.2, 0.25) is 10.2 Å². The molecule has 78 valence electrons. The first-order valence-corrected chi connectivity index (χ1v) is 5.09. The SMILES string of the molecule is CC(O)CCNc1nc(Cl)ccc1Cl. The predicted molar refractivity (Wildman–Crippen MR) is 59.0 cm³/mol. The van der Waals surface area contributed by atoms with Gasteiger partial charge in [-0.2, -0.15) is 0 Å². The molecule has 1 rings (SSSR count). The molecule has 14 heavy (non-hydrogen) atoms. The minimum Gasteiger partial charge on any atom is -0.393 e. The summed E-state index contributed by atoms with van der Waals surface area (Å²) in [7, 11) is 0. The number of nitrogens with zero attached hydrogens (tertiary/aromatic N) is 1. The van der Waals surface area contributed by atoms with Crippen molar-refractivity contribution in [1.29, 1.82) is 0 Å². The van der Waals surface area contributed by atoms with Gasteiger partial charge < -0.3 is 10.4 Å². The molecule has 0 aliphatic carbocycles. The Morgan fingerprint density at radius 1 is 1.50 bits per heavy atom. The minimum absolute atomic E-state index is 0.333. The molecule has 0 spiro atoms. The van der Waals surface area contributed by atoms with Crippen LogP contribution in [0.5, 0.6) is 0 Å². The van der Waals surface area contributed by atoms with E-state index in [0.29, 0.717) is 29.0 Å². The van der Waals surface area contributed by atoms with Crippen LogP contribution in [0.3, 0.4) is 0 Å². The number of hydrogen-bond donors (Lipinski definition) is 2. The van der Waals surface area contributed by atoms with Crippen molar-refractivity contribution in [2.75, 3.05) is 11.9 Å². The quantitative estimate of drug-likeness (QED) is 0.788. The van der Waals surface area contributed by atoms with Crippen molar-refractivity contribution < 1.29 is 5.11 Å². The summed E-state index contributed by atoms with van der Waals surface area (Å²) in [6, 6.07) is 3.31. The number of nitrogens with one attached hydrogen (secondary N) is 1. The van der Waals surface area contributed by atoms with E-state index in [0.717, 1.165) is 0 Å². The molecule has 0 radical (unpaired) electrons. The third-order valence-corrected chi connectivity index (χ3v) is 2.18. The number of rotatable bonds is 4. The average Bonchev–Trinajstić information content (AvgIpc) is 2.10. The smallest absolute Gasteiger partial charge is 0.146 e. The van der Waals surface area contributed by atoms with E-state index in [4.69, 9.17) is 28.3 Å². The van der Waals surface area contributed by atoms with Gasteiger partial charge in [-0.25, -0.2) is 4.98 Å². The van der Waals surface area contributed by atoms with Gasteiger partial charge in [-0.1, -0.05) is 23.2 Å². The Morgan fingerprint density at radius 2 is 2.21 bits per heavy atom. The third kappa shape index (κ3) is 3.70. The Hall–Kier alpha value is -0.510. The first-order valence-electron chi connectivity index (χ1n) is 4.33. The van der Waals surface area contributed by atoms with Gasteiger partial charge in [-0.15, -0.1) is 0 Å². The molecule has 0 saturated heterocycles. The first-order chi connectivity index (χ1) is 6.59. The van der Waals surface area contributed by atoms with Crippen LogP contribution in [0.25, 0.3) is 0 Å². The van der Waals surface area contributed by atoms with Gasteiger partial charge in [0, 0.05) is 6.54 Å². The number of aliphatic hydroxyl groups is 1. The number of pyridine rings is 1. The van der Waals surface area contributed by atoms with Crippen molar-refractivity contribution >= 4 is 29.0 Å². The van der Waals surface area contributed by atoms with Crippen LogP contribution in [0, 0.1) is 0 Å². The van der Waals surface area contributed by atoms with Crippen molar-refractivity contribution in [2.45, 2.75) is 19.4 Å². The van der Waals surface area contributed by atoms with Crippen LogP contribution in [0.15, 0.2) is 12.1 Å². The molecule has 3 nitrogen and oxygen atoms in total. The lowest BCUT2D eigenvalue weighted by atomic mass is 10.3. The minimum atomic E-state index is -0.333. The van der Waals surface area contributed by atoms with E-state index in [1.807, 2.05) is 0 Å². The zero-order valence-corrected chi connectivity index (χ0v) is 9.31. The van der Waals surface area contributed by atoms with Gasteiger partial charge in [-0.3, -0.25) is 0 Å². The molecular weight excluding hydrogens is 223 g/mol. The molecule has 0 fully saturated rings. The normalized spacial score (nSPS) is 12.6. The van der Waals surface area contributed by atoms with E-state index >= 15 is 0 Å². The number of hydrogen-bond acceptors (Lipinski definition) is 3. The Balaban J connectivity index is 2.53. The van der Waals surface area contributed by atoms with E-state index in [1.54, 1.807) is 19.1 Å². The fourth-order valence-electron chi connectivity index (χ4n) is 0.942. The summed E-state index contributed by atoms with van der Waals surface area (Å²) >= 11 is 11.6. The molecule has 0 bridgehead atoms. The number of aromatic nitrogens is 1. The van der Waals surface area contributed by atoms with Crippen molar-refractivity contribution in [2.24, 2.45) is 0 Å². The van der Waals surface area contributed by atoms with Crippen LogP contribution in [0.4, 0.5) is 5.82 Å². The van der Waals surface area contributed by atoms with Crippen molar-refractivity contribution in [3.05, 3.63) is 22.3 Å². The second kappa shape index (κ2) is 5.39. The third-order valence-electron chi connectivity index (χ3n) is 1.67. The zero-order chi connectivity index (χ0) is 10.6. The van der Waals surface area contributed by atoms with Crippen molar-refractivity contribution in [1.82, 2.24) is 4.98 Å². The van der Waals surface area contributed by atoms with E-state index in [1.165, 1.54) is 0 Å². The zero-order valence-electron chi connectivity index (χ0n) is 7.80. The first kappa shape index (κ1) is 11.6. The van der Waals surface area contributed by atoms with E-state index in [-0.39, 0.29) is 6.10 Å². The van der Waals surface area contributed by atoms with Crippen LogP contribution in [-0.4, -0.2) is 22.7 Å². The second-order valence-corrected chi connectivity index (χ2v) is 3.82. The Kier molecular flexibility index (Phi) is 4.45. The standard InChI is InChI=1S/C9H12Cl2N2O/c1-6(14)4-5-12-9-7(10)2-3-8(11)13-9/h2-3,6,14H,4-5H2,1H3,(H,12,13). The van der Waals surface area contributed by atoms with E-state index in [2.05, 4.69) is 10.3 Å². The summed E-state index contributed by atoms with van der Waals surface area (Å²) in [5.74, 6) is 0.555. The topological polar surface area (TPSA) is 45.1 Å². The van der Waals surface area contributed by atoms with Gasteiger partial charge in [0.25, 0.3) is 0 Å². The molecule has 5 heteroatoms. The van der Waals surface area contributed by atoms with Gasteiger partial charge in [0.2, 0.25) is 0 Å². The van der Waals surface area contributed by atoms with Crippen molar-refractivity contribution in [3.8, 4) is 0 Å². The number of aliphatic hydroxyl groups excluding tert-OH is 1.